The lowest BCUT2D eigenvalue weighted by molar-refractivity contribution is -0.226. The van der Waals surface area contributed by atoms with Gasteiger partial charge in [0.05, 0.1) is 30.2 Å². The SMILES string of the molecule is CCOc1ccc(N2C(=O)[C@@H]3[C@H]4C=C[C@@](C(OC(C)=O)OC(C)=O)(O4)[C@H]3C2=O)cc1. The summed E-state index contributed by atoms with van der Waals surface area (Å²) in [5.74, 6) is -3.52. The van der Waals surface area contributed by atoms with Gasteiger partial charge in [0.1, 0.15) is 5.75 Å². The number of rotatable bonds is 6. The number of nitrogens with zero attached hydrogens (tertiary/aromatic N) is 1. The smallest absolute Gasteiger partial charge is 0.305 e. The van der Waals surface area contributed by atoms with Crippen LogP contribution in [0.2, 0.25) is 0 Å². The normalized spacial score (nSPS) is 28.8. The maximum absolute atomic E-state index is 13.4. The summed E-state index contributed by atoms with van der Waals surface area (Å²) < 4.78 is 21.7. The van der Waals surface area contributed by atoms with Gasteiger partial charge in [0, 0.05) is 13.8 Å². The van der Waals surface area contributed by atoms with Crippen molar-refractivity contribution in [2.45, 2.75) is 38.8 Å². The molecule has 2 amide bonds. The Labute approximate surface area is 172 Å². The van der Waals surface area contributed by atoms with E-state index in [1.807, 2.05) is 6.92 Å². The summed E-state index contributed by atoms with van der Waals surface area (Å²) in [6.07, 6.45) is 1.00. The van der Waals surface area contributed by atoms with Gasteiger partial charge in [0.15, 0.2) is 5.60 Å². The van der Waals surface area contributed by atoms with Crippen LogP contribution in [-0.2, 0) is 33.4 Å². The Morgan fingerprint density at radius 3 is 2.30 bits per heavy atom. The van der Waals surface area contributed by atoms with Crippen molar-refractivity contribution in [1.82, 2.24) is 0 Å². The number of fused-ring (bicyclic) bond motifs is 5. The fourth-order valence-electron chi connectivity index (χ4n) is 4.33. The molecule has 1 aromatic rings. The van der Waals surface area contributed by atoms with Gasteiger partial charge in [-0.3, -0.25) is 19.2 Å². The minimum Gasteiger partial charge on any atom is -0.494 e. The Morgan fingerprint density at radius 2 is 1.73 bits per heavy atom. The van der Waals surface area contributed by atoms with Crippen LogP contribution >= 0.6 is 0 Å². The molecule has 3 aliphatic rings. The molecule has 1 aromatic carbocycles. The maximum atomic E-state index is 13.4. The van der Waals surface area contributed by atoms with Gasteiger partial charge in [-0.15, -0.1) is 0 Å². The molecule has 0 aliphatic carbocycles. The van der Waals surface area contributed by atoms with Crippen LogP contribution in [-0.4, -0.2) is 48.4 Å². The van der Waals surface area contributed by atoms with Gasteiger partial charge in [-0.05, 0) is 37.3 Å². The average molecular weight is 415 g/mol. The second kappa shape index (κ2) is 7.24. The lowest BCUT2D eigenvalue weighted by Crippen LogP contribution is -2.52. The van der Waals surface area contributed by atoms with E-state index in [4.69, 9.17) is 18.9 Å². The fraction of sp³-hybridized carbons (Fsp3) is 0.429. The largest absolute Gasteiger partial charge is 0.494 e. The van der Waals surface area contributed by atoms with Gasteiger partial charge in [0.25, 0.3) is 6.29 Å². The molecule has 4 atom stereocenters. The molecule has 2 saturated heterocycles. The van der Waals surface area contributed by atoms with Crippen LogP contribution in [0.3, 0.4) is 0 Å². The molecule has 0 unspecified atom stereocenters. The molecular formula is C21H21NO8. The zero-order chi connectivity index (χ0) is 21.6. The van der Waals surface area contributed by atoms with E-state index in [2.05, 4.69) is 0 Å². The predicted octanol–water partition coefficient (Wildman–Crippen LogP) is 1.35. The van der Waals surface area contributed by atoms with Crippen LogP contribution in [0.15, 0.2) is 36.4 Å². The van der Waals surface area contributed by atoms with E-state index in [1.54, 1.807) is 36.4 Å². The molecular weight excluding hydrogens is 394 g/mol. The third-order valence-electron chi connectivity index (χ3n) is 5.40. The molecule has 3 heterocycles. The summed E-state index contributed by atoms with van der Waals surface area (Å²) in [5, 5.41) is 0. The highest BCUT2D eigenvalue weighted by Crippen LogP contribution is 2.54. The summed E-state index contributed by atoms with van der Waals surface area (Å²) in [7, 11) is 0. The van der Waals surface area contributed by atoms with Crippen molar-refractivity contribution in [1.29, 1.82) is 0 Å². The van der Waals surface area contributed by atoms with Crippen LogP contribution < -0.4 is 9.64 Å². The molecule has 158 valence electrons. The van der Waals surface area contributed by atoms with Crippen molar-refractivity contribution >= 4 is 29.4 Å². The minimum absolute atomic E-state index is 0.397. The first kappa shape index (κ1) is 20.1. The second-order valence-corrected chi connectivity index (χ2v) is 7.29. The van der Waals surface area contributed by atoms with E-state index in [0.717, 1.165) is 18.7 Å². The number of carbonyl (C=O) groups is 4. The van der Waals surface area contributed by atoms with Crippen molar-refractivity contribution in [2.75, 3.05) is 11.5 Å². The molecule has 0 aromatic heterocycles. The zero-order valence-corrected chi connectivity index (χ0v) is 16.7. The van der Waals surface area contributed by atoms with Gasteiger partial charge in [-0.1, -0.05) is 6.08 Å². The lowest BCUT2D eigenvalue weighted by Gasteiger charge is -2.34. The van der Waals surface area contributed by atoms with Crippen LogP contribution in [0.4, 0.5) is 5.69 Å². The number of ether oxygens (including phenoxy) is 4. The van der Waals surface area contributed by atoms with Crippen LogP contribution in [0.5, 0.6) is 5.75 Å². The molecule has 2 fully saturated rings. The molecule has 0 saturated carbocycles. The molecule has 9 nitrogen and oxygen atoms in total. The highest BCUT2D eigenvalue weighted by Gasteiger charge is 2.72. The van der Waals surface area contributed by atoms with Gasteiger partial charge in [-0.25, -0.2) is 4.90 Å². The molecule has 30 heavy (non-hydrogen) atoms. The summed E-state index contributed by atoms with van der Waals surface area (Å²) >= 11 is 0. The van der Waals surface area contributed by atoms with E-state index < -0.39 is 53.6 Å². The second-order valence-electron chi connectivity index (χ2n) is 7.29. The molecule has 0 radical (unpaired) electrons. The van der Waals surface area contributed by atoms with Crippen molar-refractivity contribution < 1.29 is 38.1 Å². The Hall–Kier alpha value is -3.20. The Bertz CT molecular complexity index is 923. The van der Waals surface area contributed by atoms with Crippen LogP contribution in [0.1, 0.15) is 20.8 Å². The zero-order valence-electron chi connectivity index (χ0n) is 16.7. The highest BCUT2D eigenvalue weighted by atomic mass is 16.7. The molecule has 9 heteroatoms. The quantitative estimate of drug-likeness (QED) is 0.297. The van der Waals surface area contributed by atoms with E-state index in [1.165, 1.54) is 0 Å². The van der Waals surface area contributed by atoms with Crippen molar-refractivity contribution in [3.8, 4) is 5.75 Å². The first-order valence-electron chi connectivity index (χ1n) is 9.60. The number of esters is 2. The first-order chi connectivity index (χ1) is 14.3. The topological polar surface area (TPSA) is 108 Å². The standard InChI is InChI=1S/C21H21NO8/c1-4-27-14-7-5-13(6-8-14)22-18(25)16-15-9-10-21(30-15,17(16)19(22)26)20(28-11(2)23)29-12(3)24/h5-10,15-17,20H,4H2,1-3H3/t15-,16-,17-,21-/m1/s1. The van der Waals surface area contributed by atoms with Gasteiger partial charge < -0.3 is 18.9 Å². The first-order valence-corrected chi connectivity index (χ1v) is 9.60. The number of hydrogen-bond donors (Lipinski definition) is 0. The number of benzene rings is 1. The fourth-order valence-corrected chi connectivity index (χ4v) is 4.33. The number of anilines is 1. The summed E-state index contributed by atoms with van der Waals surface area (Å²) in [6, 6.07) is 6.60. The summed E-state index contributed by atoms with van der Waals surface area (Å²) in [6.45, 7) is 4.66. The van der Waals surface area contributed by atoms with Gasteiger partial charge in [0.2, 0.25) is 11.8 Å². The lowest BCUT2D eigenvalue weighted by atomic mass is 9.76. The number of hydrogen-bond acceptors (Lipinski definition) is 8. The Kier molecular flexibility index (Phi) is 4.85. The third kappa shape index (κ3) is 2.97. The van der Waals surface area contributed by atoms with Crippen molar-refractivity contribution in [3.05, 3.63) is 36.4 Å². The molecule has 3 aliphatic heterocycles. The van der Waals surface area contributed by atoms with E-state index in [0.29, 0.717) is 18.0 Å². The minimum atomic E-state index is -1.56. The summed E-state index contributed by atoms with van der Waals surface area (Å²) in [5.41, 5.74) is -1.16. The van der Waals surface area contributed by atoms with Gasteiger partial charge >= 0.3 is 11.9 Å². The van der Waals surface area contributed by atoms with Gasteiger partial charge in [-0.2, -0.15) is 0 Å². The predicted molar refractivity (Wildman–Crippen MR) is 101 cm³/mol. The maximum Gasteiger partial charge on any atom is 0.305 e. The molecule has 0 spiro atoms. The molecule has 0 N–H and O–H groups in total. The van der Waals surface area contributed by atoms with E-state index in [9.17, 15) is 19.2 Å². The Balaban J connectivity index is 1.69. The molecule has 4 rings (SSSR count). The summed E-state index contributed by atoms with van der Waals surface area (Å²) in [4.78, 5) is 50.8. The number of amides is 2. The van der Waals surface area contributed by atoms with Crippen molar-refractivity contribution in [3.63, 3.8) is 0 Å². The molecule has 2 bridgehead atoms. The average Bonchev–Trinajstić information content (AvgIpc) is 3.33. The monoisotopic (exact) mass is 415 g/mol. The van der Waals surface area contributed by atoms with Crippen LogP contribution in [0, 0.1) is 11.8 Å². The highest BCUT2D eigenvalue weighted by molar-refractivity contribution is 6.23. The third-order valence-corrected chi connectivity index (χ3v) is 5.40. The van der Waals surface area contributed by atoms with E-state index in [-0.39, 0.29) is 0 Å². The van der Waals surface area contributed by atoms with Crippen molar-refractivity contribution in [2.24, 2.45) is 11.8 Å². The number of imide groups is 1. The Morgan fingerprint density at radius 1 is 1.10 bits per heavy atom. The number of carbonyl (C=O) groups excluding carboxylic acids is 4. The van der Waals surface area contributed by atoms with Crippen LogP contribution in [0.25, 0.3) is 0 Å². The van der Waals surface area contributed by atoms with E-state index >= 15 is 0 Å².